The van der Waals surface area contributed by atoms with E-state index in [1.807, 2.05) is 4.57 Å². The molecule has 0 spiro atoms. The predicted octanol–water partition coefficient (Wildman–Crippen LogP) is 2.28. The van der Waals surface area contributed by atoms with Crippen LogP contribution in [0.25, 0.3) is 0 Å². The summed E-state index contributed by atoms with van der Waals surface area (Å²) >= 11 is 0. The molecule has 1 aromatic heterocycles. The van der Waals surface area contributed by atoms with Gasteiger partial charge in [0.05, 0.1) is 12.5 Å². The van der Waals surface area contributed by atoms with Crippen molar-refractivity contribution in [3.05, 3.63) is 18.2 Å². The molecule has 0 saturated heterocycles. The molecule has 1 aliphatic carbocycles. The summed E-state index contributed by atoms with van der Waals surface area (Å²) in [6.45, 7) is 3.19. The SMILES string of the molecule is CCC1(Cn2cncc2C=O)CCC1. The van der Waals surface area contributed by atoms with E-state index in [1.54, 1.807) is 12.5 Å². The molecule has 1 heterocycles. The molecule has 0 atom stereocenters. The third-order valence-corrected chi connectivity index (χ3v) is 3.54. The molecule has 76 valence electrons. The molecule has 0 N–H and O–H groups in total. The van der Waals surface area contributed by atoms with Crippen molar-refractivity contribution in [3.8, 4) is 0 Å². The topological polar surface area (TPSA) is 34.9 Å². The molecule has 0 radical (unpaired) electrons. The standard InChI is InChI=1S/C11H16N2O/c1-2-11(4-3-5-11)8-13-9-12-6-10(13)7-14/h6-7,9H,2-5,8H2,1H3. The predicted molar refractivity (Wildman–Crippen MR) is 54.2 cm³/mol. The van der Waals surface area contributed by atoms with Gasteiger partial charge in [-0.25, -0.2) is 4.98 Å². The summed E-state index contributed by atoms with van der Waals surface area (Å²) in [6.07, 6.45) is 9.39. The van der Waals surface area contributed by atoms with Crippen molar-refractivity contribution in [1.29, 1.82) is 0 Å². The zero-order chi connectivity index (χ0) is 10.0. The molecule has 1 fully saturated rings. The van der Waals surface area contributed by atoms with Gasteiger partial charge in [0.1, 0.15) is 5.69 Å². The van der Waals surface area contributed by atoms with Gasteiger partial charge in [0, 0.05) is 6.54 Å². The van der Waals surface area contributed by atoms with Crippen LogP contribution in [0.1, 0.15) is 43.1 Å². The molecular formula is C11H16N2O. The van der Waals surface area contributed by atoms with Gasteiger partial charge >= 0.3 is 0 Å². The fourth-order valence-electron chi connectivity index (χ4n) is 2.22. The smallest absolute Gasteiger partial charge is 0.168 e. The van der Waals surface area contributed by atoms with Gasteiger partial charge in [-0.3, -0.25) is 4.79 Å². The van der Waals surface area contributed by atoms with Crippen LogP contribution in [0.3, 0.4) is 0 Å². The van der Waals surface area contributed by atoms with Crippen LogP contribution >= 0.6 is 0 Å². The number of imidazole rings is 1. The molecule has 0 bridgehead atoms. The molecule has 1 aromatic rings. The van der Waals surface area contributed by atoms with E-state index in [0.717, 1.165) is 12.8 Å². The van der Waals surface area contributed by atoms with Gasteiger partial charge in [-0.15, -0.1) is 0 Å². The molecule has 3 nitrogen and oxygen atoms in total. The molecule has 2 rings (SSSR count). The van der Waals surface area contributed by atoms with Gasteiger partial charge in [-0.05, 0) is 24.7 Å². The maximum absolute atomic E-state index is 10.7. The Labute approximate surface area is 84.1 Å². The van der Waals surface area contributed by atoms with Crippen molar-refractivity contribution >= 4 is 6.29 Å². The van der Waals surface area contributed by atoms with E-state index < -0.39 is 0 Å². The molecule has 0 aromatic carbocycles. The number of rotatable bonds is 4. The number of aromatic nitrogens is 2. The van der Waals surface area contributed by atoms with E-state index in [2.05, 4.69) is 11.9 Å². The van der Waals surface area contributed by atoms with Crippen molar-refractivity contribution in [2.45, 2.75) is 39.2 Å². The summed E-state index contributed by atoms with van der Waals surface area (Å²) < 4.78 is 1.98. The first-order valence-electron chi connectivity index (χ1n) is 5.25. The first-order valence-corrected chi connectivity index (χ1v) is 5.25. The first kappa shape index (κ1) is 9.44. The maximum atomic E-state index is 10.7. The third-order valence-electron chi connectivity index (χ3n) is 3.54. The lowest BCUT2D eigenvalue weighted by molar-refractivity contribution is 0.0966. The average Bonchev–Trinajstić information content (AvgIpc) is 2.58. The van der Waals surface area contributed by atoms with Crippen molar-refractivity contribution < 1.29 is 4.79 Å². The van der Waals surface area contributed by atoms with E-state index in [1.165, 1.54) is 25.7 Å². The summed E-state index contributed by atoms with van der Waals surface area (Å²) in [6, 6.07) is 0. The van der Waals surface area contributed by atoms with Gasteiger partial charge in [-0.2, -0.15) is 0 Å². The lowest BCUT2D eigenvalue weighted by Gasteiger charge is -2.41. The third kappa shape index (κ3) is 1.47. The number of nitrogens with zero attached hydrogens (tertiary/aromatic N) is 2. The number of hydrogen-bond donors (Lipinski definition) is 0. The highest BCUT2D eigenvalue weighted by Gasteiger charge is 2.35. The van der Waals surface area contributed by atoms with Crippen LogP contribution < -0.4 is 0 Å². The average molecular weight is 192 g/mol. The van der Waals surface area contributed by atoms with Crippen molar-refractivity contribution in [1.82, 2.24) is 9.55 Å². The maximum Gasteiger partial charge on any atom is 0.168 e. The quantitative estimate of drug-likeness (QED) is 0.686. The van der Waals surface area contributed by atoms with Gasteiger partial charge < -0.3 is 4.57 Å². The molecular weight excluding hydrogens is 176 g/mol. The van der Waals surface area contributed by atoms with E-state index in [0.29, 0.717) is 11.1 Å². The van der Waals surface area contributed by atoms with Gasteiger partial charge in [-0.1, -0.05) is 13.3 Å². The highest BCUT2D eigenvalue weighted by Crippen LogP contribution is 2.45. The minimum absolute atomic E-state index is 0.443. The first-order chi connectivity index (χ1) is 6.79. The monoisotopic (exact) mass is 192 g/mol. The van der Waals surface area contributed by atoms with E-state index in [4.69, 9.17) is 0 Å². The number of aldehydes is 1. The van der Waals surface area contributed by atoms with Crippen LogP contribution in [0.5, 0.6) is 0 Å². The van der Waals surface area contributed by atoms with Gasteiger partial charge in [0.2, 0.25) is 0 Å². The Balaban J connectivity index is 2.13. The van der Waals surface area contributed by atoms with Crippen LogP contribution in [0.2, 0.25) is 0 Å². The second kappa shape index (κ2) is 3.56. The highest BCUT2D eigenvalue weighted by molar-refractivity contribution is 5.71. The lowest BCUT2D eigenvalue weighted by Crippen LogP contribution is -2.33. The Bertz CT molecular complexity index is 320. The Morgan fingerprint density at radius 2 is 2.43 bits per heavy atom. The molecule has 14 heavy (non-hydrogen) atoms. The summed E-state index contributed by atoms with van der Waals surface area (Å²) in [4.78, 5) is 14.7. The van der Waals surface area contributed by atoms with Gasteiger partial charge in [0.15, 0.2) is 6.29 Å². The van der Waals surface area contributed by atoms with Crippen LogP contribution in [-0.2, 0) is 6.54 Å². The fraction of sp³-hybridized carbons (Fsp3) is 0.636. The fourth-order valence-corrected chi connectivity index (χ4v) is 2.22. The highest BCUT2D eigenvalue weighted by atomic mass is 16.1. The molecule has 1 aliphatic rings. The minimum Gasteiger partial charge on any atom is -0.328 e. The summed E-state index contributed by atoms with van der Waals surface area (Å²) in [7, 11) is 0. The number of carbonyl (C=O) groups is 1. The second-order valence-electron chi connectivity index (χ2n) is 4.27. The zero-order valence-corrected chi connectivity index (χ0v) is 8.57. The van der Waals surface area contributed by atoms with Crippen LogP contribution in [-0.4, -0.2) is 15.8 Å². The Morgan fingerprint density at radius 3 is 2.93 bits per heavy atom. The van der Waals surface area contributed by atoms with Crippen molar-refractivity contribution in [3.63, 3.8) is 0 Å². The Hall–Kier alpha value is -1.12. The van der Waals surface area contributed by atoms with E-state index in [9.17, 15) is 4.79 Å². The van der Waals surface area contributed by atoms with E-state index >= 15 is 0 Å². The Morgan fingerprint density at radius 1 is 1.64 bits per heavy atom. The van der Waals surface area contributed by atoms with Crippen molar-refractivity contribution in [2.24, 2.45) is 5.41 Å². The molecule has 0 aliphatic heterocycles. The molecule has 1 saturated carbocycles. The minimum atomic E-state index is 0.443. The summed E-state index contributed by atoms with van der Waals surface area (Å²) in [5.74, 6) is 0. The Kier molecular flexibility index (Phi) is 2.40. The second-order valence-corrected chi connectivity index (χ2v) is 4.27. The lowest BCUT2D eigenvalue weighted by atomic mass is 9.67. The zero-order valence-electron chi connectivity index (χ0n) is 8.57. The molecule has 3 heteroatoms. The number of hydrogen-bond acceptors (Lipinski definition) is 2. The van der Waals surface area contributed by atoms with Crippen molar-refractivity contribution in [2.75, 3.05) is 0 Å². The largest absolute Gasteiger partial charge is 0.328 e. The summed E-state index contributed by atoms with van der Waals surface area (Å²) in [5, 5.41) is 0. The summed E-state index contributed by atoms with van der Waals surface area (Å²) in [5.41, 5.74) is 1.14. The molecule has 0 amide bonds. The van der Waals surface area contributed by atoms with Gasteiger partial charge in [0.25, 0.3) is 0 Å². The number of carbonyl (C=O) groups excluding carboxylic acids is 1. The van der Waals surface area contributed by atoms with E-state index in [-0.39, 0.29) is 0 Å². The van der Waals surface area contributed by atoms with Crippen LogP contribution in [0.15, 0.2) is 12.5 Å². The molecule has 0 unspecified atom stereocenters. The van der Waals surface area contributed by atoms with Crippen LogP contribution in [0.4, 0.5) is 0 Å². The van der Waals surface area contributed by atoms with Crippen LogP contribution in [0, 0.1) is 5.41 Å². The normalized spacial score (nSPS) is 18.9.